The van der Waals surface area contributed by atoms with Crippen molar-refractivity contribution in [1.29, 1.82) is 0 Å². The van der Waals surface area contributed by atoms with E-state index in [2.05, 4.69) is 20.8 Å². The molecule has 2 aliphatic rings. The third-order valence-corrected chi connectivity index (χ3v) is 4.87. The van der Waals surface area contributed by atoms with Gasteiger partial charge in [-0.15, -0.1) is 0 Å². The van der Waals surface area contributed by atoms with Crippen LogP contribution in [0.15, 0.2) is 0 Å². The molecular weight excluding hydrogens is 224 g/mol. The van der Waals surface area contributed by atoms with E-state index < -0.39 is 0 Å². The monoisotopic (exact) mass is 254 g/mol. The maximum absolute atomic E-state index is 10.1. The highest BCUT2D eigenvalue weighted by Gasteiger charge is 2.40. The highest BCUT2D eigenvalue weighted by atomic mass is 16.5. The van der Waals surface area contributed by atoms with Crippen LogP contribution in [0, 0.1) is 5.41 Å². The maximum Gasteiger partial charge on any atom is 0.0687 e. The predicted molar refractivity (Wildman–Crippen MR) is 74.6 cm³/mol. The first-order valence-corrected chi connectivity index (χ1v) is 7.77. The average molecular weight is 254 g/mol. The van der Waals surface area contributed by atoms with Crippen molar-refractivity contribution in [3.05, 3.63) is 0 Å². The number of ether oxygens (including phenoxy) is 1. The normalized spacial score (nSPS) is 29.7. The lowest BCUT2D eigenvalue weighted by Crippen LogP contribution is -2.32. The topological polar surface area (TPSA) is 29.5 Å². The molecule has 0 aromatic carbocycles. The molecule has 1 spiro atoms. The van der Waals surface area contributed by atoms with E-state index in [0.29, 0.717) is 6.10 Å². The van der Waals surface area contributed by atoms with Crippen LogP contribution in [0.3, 0.4) is 0 Å². The van der Waals surface area contributed by atoms with E-state index in [1.54, 1.807) is 0 Å². The van der Waals surface area contributed by atoms with Crippen molar-refractivity contribution in [2.45, 2.75) is 96.4 Å². The Kier molecular flexibility index (Phi) is 4.38. The fourth-order valence-corrected chi connectivity index (χ4v) is 3.44. The van der Waals surface area contributed by atoms with Gasteiger partial charge in [0.05, 0.1) is 17.8 Å². The van der Waals surface area contributed by atoms with Gasteiger partial charge in [0, 0.05) is 0 Å². The number of hydrogen-bond acceptors (Lipinski definition) is 2. The second-order valence-electron chi connectivity index (χ2n) is 7.48. The lowest BCUT2D eigenvalue weighted by molar-refractivity contribution is -0.0710. The number of aliphatic hydroxyl groups is 1. The van der Waals surface area contributed by atoms with E-state index in [1.165, 1.54) is 44.9 Å². The highest BCUT2D eigenvalue weighted by Crippen LogP contribution is 2.43. The molecule has 1 saturated carbocycles. The largest absolute Gasteiger partial charge is 0.393 e. The van der Waals surface area contributed by atoms with Crippen molar-refractivity contribution in [3.63, 3.8) is 0 Å². The summed E-state index contributed by atoms with van der Waals surface area (Å²) in [6.07, 6.45) is 11.2. The van der Waals surface area contributed by atoms with E-state index in [0.717, 1.165) is 12.8 Å². The summed E-state index contributed by atoms with van der Waals surface area (Å²) in [6.45, 7) is 6.32. The summed E-state index contributed by atoms with van der Waals surface area (Å²) in [4.78, 5) is 0. The predicted octanol–water partition coefficient (Wildman–Crippen LogP) is 4.06. The first kappa shape index (κ1) is 14.3. The summed E-state index contributed by atoms with van der Waals surface area (Å²) in [5, 5.41) is 10.1. The Bertz CT molecular complexity index is 261. The zero-order valence-electron chi connectivity index (χ0n) is 12.4. The molecular formula is C16H30O2. The van der Waals surface area contributed by atoms with Gasteiger partial charge < -0.3 is 9.84 Å². The van der Waals surface area contributed by atoms with Crippen molar-refractivity contribution < 1.29 is 9.84 Å². The summed E-state index contributed by atoms with van der Waals surface area (Å²) in [6, 6.07) is 0. The lowest BCUT2D eigenvalue weighted by atomic mass is 9.83. The average Bonchev–Trinajstić information content (AvgIpc) is 2.69. The van der Waals surface area contributed by atoms with Crippen LogP contribution in [0.4, 0.5) is 0 Å². The van der Waals surface area contributed by atoms with Crippen LogP contribution in [-0.4, -0.2) is 22.9 Å². The number of aliphatic hydroxyl groups excluding tert-OH is 1. The minimum atomic E-state index is -0.205. The van der Waals surface area contributed by atoms with Crippen LogP contribution in [0.2, 0.25) is 0 Å². The molecule has 2 fully saturated rings. The van der Waals surface area contributed by atoms with E-state index in [-0.39, 0.29) is 17.1 Å². The first-order chi connectivity index (χ1) is 8.41. The van der Waals surface area contributed by atoms with Gasteiger partial charge in [-0.3, -0.25) is 0 Å². The van der Waals surface area contributed by atoms with Crippen molar-refractivity contribution >= 4 is 0 Å². The van der Waals surface area contributed by atoms with Crippen molar-refractivity contribution in [2.24, 2.45) is 5.41 Å². The standard InChI is InChI=1S/C16H30O2/c1-15(2,3)14(17)8-7-13-9-12-16(18-13)10-5-4-6-11-16/h13-14,17H,4-12H2,1-3H3. The summed E-state index contributed by atoms with van der Waals surface area (Å²) < 4.78 is 6.34. The molecule has 2 atom stereocenters. The molecule has 1 aliphatic carbocycles. The molecule has 1 N–H and O–H groups in total. The van der Waals surface area contributed by atoms with Crippen LogP contribution < -0.4 is 0 Å². The molecule has 2 unspecified atom stereocenters. The van der Waals surface area contributed by atoms with Gasteiger partial charge in [0.2, 0.25) is 0 Å². The smallest absolute Gasteiger partial charge is 0.0687 e. The Morgan fingerprint density at radius 2 is 1.83 bits per heavy atom. The molecule has 2 nitrogen and oxygen atoms in total. The third-order valence-electron chi connectivity index (χ3n) is 4.87. The Balaban J connectivity index is 1.76. The molecule has 1 aliphatic heterocycles. The molecule has 2 heteroatoms. The Hall–Kier alpha value is -0.0800. The molecule has 0 amide bonds. The van der Waals surface area contributed by atoms with Crippen molar-refractivity contribution in [2.75, 3.05) is 0 Å². The van der Waals surface area contributed by atoms with Gasteiger partial charge in [0.1, 0.15) is 0 Å². The lowest BCUT2D eigenvalue weighted by Gasteiger charge is -2.33. The van der Waals surface area contributed by atoms with Gasteiger partial charge in [0.15, 0.2) is 0 Å². The fourth-order valence-electron chi connectivity index (χ4n) is 3.44. The van der Waals surface area contributed by atoms with Crippen LogP contribution in [0.25, 0.3) is 0 Å². The Labute approximate surface area is 112 Å². The van der Waals surface area contributed by atoms with Gasteiger partial charge in [-0.05, 0) is 43.9 Å². The maximum atomic E-state index is 10.1. The summed E-state index contributed by atoms with van der Waals surface area (Å²) in [5.41, 5.74) is 0.233. The second kappa shape index (κ2) is 5.50. The van der Waals surface area contributed by atoms with Crippen LogP contribution in [-0.2, 0) is 4.74 Å². The van der Waals surface area contributed by atoms with Gasteiger partial charge >= 0.3 is 0 Å². The quantitative estimate of drug-likeness (QED) is 0.823. The Morgan fingerprint density at radius 1 is 1.17 bits per heavy atom. The van der Waals surface area contributed by atoms with Gasteiger partial charge in [0.25, 0.3) is 0 Å². The van der Waals surface area contributed by atoms with E-state index in [9.17, 15) is 5.11 Å². The van der Waals surface area contributed by atoms with Gasteiger partial charge in [-0.2, -0.15) is 0 Å². The third kappa shape index (κ3) is 3.48. The van der Waals surface area contributed by atoms with E-state index in [4.69, 9.17) is 4.74 Å². The molecule has 0 bridgehead atoms. The summed E-state index contributed by atoms with van der Waals surface area (Å²) in [7, 11) is 0. The number of rotatable bonds is 3. The highest BCUT2D eigenvalue weighted by molar-refractivity contribution is 4.91. The first-order valence-electron chi connectivity index (χ1n) is 7.77. The van der Waals surface area contributed by atoms with Crippen molar-refractivity contribution in [3.8, 4) is 0 Å². The van der Waals surface area contributed by atoms with E-state index in [1.807, 2.05) is 0 Å². The Morgan fingerprint density at radius 3 is 2.44 bits per heavy atom. The molecule has 1 heterocycles. The fraction of sp³-hybridized carbons (Fsp3) is 1.00. The molecule has 106 valence electrons. The van der Waals surface area contributed by atoms with Crippen LogP contribution in [0.1, 0.15) is 78.6 Å². The van der Waals surface area contributed by atoms with Gasteiger partial charge in [-0.25, -0.2) is 0 Å². The molecule has 0 aromatic rings. The molecule has 18 heavy (non-hydrogen) atoms. The van der Waals surface area contributed by atoms with E-state index >= 15 is 0 Å². The SMILES string of the molecule is CC(C)(C)C(O)CCC1CCC2(CCCCC2)O1. The molecule has 2 rings (SSSR count). The molecule has 0 radical (unpaired) electrons. The molecule has 0 aromatic heterocycles. The zero-order valence-corrected chi connectivity index (χ0v) is 12.4. The summed E-state index contributed by atoms with van der Waals surface area (Å²) in [5.74, 6) is 0. The zero-order chi connectivity index (χ0) is 13.2. The minimum Gasteiger partial charge on any atom is -0.393 e. The summed E-state index contributed by atoms with van der Waals surface area (Å²) >= 11 is 0. The van der Waals surface area contributed by atoms with Gasteiger partial charge in [-0.1, -0.05) is 40.0 Å². The van der Waals surface area contributed by atoms with Crippen LogP contribution >= 0.6 is 0 Å². The minimum absolute atomic E-state index is 0.00112. The van der Waals surface area contributed by atoms with Crippen molar-refractivity contribution in [1.82, 2.24) is 0 Å². The molecule has 1 saturated heterocycles. The second-order valence-corrected chi connectivity index (χ2v) is 7.48. The van der Waals surface area contributed by atoms with Crippen LogP contribution in [0.5, 0.6) is 0 Å². The number of hydrogen-bond donors (Lipinski definition) is 1.